The van der Waals surface area contributed by atoms with E-state index in [1.54, 1.807) is 17.0 Å². The highest BCUT2D eigenvalue weighted by molar-refractivity contribution is 5.97. The molecule has 29 heavy (non-hydrogen) atoms. The second-order valence-electron chi connectivity index (χ2n) is 7.53. The Hall–Kier alpha value is -2.61. The van der Waals surface area contributed by atoms with Gasteiger partial charge in [0.1, 0.15) is 12.4 Å². The number of hydrogen-bond donors (Lipinski definition) is 3. The number of amides is 3. The minimum Gasteiger partial charge on any atom is -0.491 e. The third-order valence-electron chi connectivity index (χ3n) is 5.23. The zero-order valence-corrected chi connectivity index (χ0v) is 17.0. The maximum atomic E-state index is 12.8. The van der Waals surface area contributed by atoms with Gasteiger partial charge in [0, 0.05) is 26.1 Å². The summed E-state index contributed by atoms with van der Waals surface area (Å²) in [4.78, 5) is 39.3. The Morgan fingerprint density at radius 3 is 2.76 bits per heavy atom. The molecule has 158 valence electrons. The average Bonchev–Trinajstić information content (AvgIpc) is 3.24. The number of ether oxygens (including phenoxy) is 1. The van der Waals surface area contributed by atoms with Crippen molar-refractivity contribution in [1.82, 2.24) is 20.9 Å². The van der Waals surface area contributed by atoms with Crippen molar-refractivity contribution in [2.45, 2.75) is 38.6 Å². The predicted octanol–water partition coefficient (Wildman–Crippen LogP) is 0.594. The molecule has 0 spiro atoms. The van der Waals surface area contributed by atoms with E-state index < -0.39 is 0 Å². The van der Waals surface area contributed by atoms with Crippen molar-refractivity contribution in [3.63, 3.8) is 0 Å². The van der Waals surface area contributed by atoms with Crippen LogP contribution in [0.3, 0.4) is 0 Å². The van der Waals surface area contributed by atoms with Gasteiger partial charge >= 0.3 is 0 Å². The largest absolute Gasteiger partial charge is 0.491 e. The molecule has 1 aromatic carbocycles. The van der Waals surface area contributed by atoms with Crippen LogP contribution in [-0.2, 0) is 9.59 Å². The number of carbonyl (C=O) groups is 3. The Bertz CT molecular complexity index is 746. The fourth-order valence-corrected chi connectivity index (χ4v) is 3.66. The molecule has 8 heteroatoms. The van der Waals surface area contributed by atoms with Gasteiger partial charge in [-0.15, -0.1) is 0 Å². The Kier molecular flexibility index (Phi) is 7.46. The molecule has 0 unspecified atom stereocenters. The van der Waals surface area contributed by atoms with Crippen LogP contribution in [0.1, 0.15) is 41.6 Å². The summed E-state index contributed by atoms with van der Waals surface area (Å²) in [7, 11) is 0. The van der Waals surface area contributed by atoms with E-state index in [4.69, 9.17) is 4.74 Å². The van der Waals surface area contributed by atoms with Gasteiger partial charge in [-0.1, -0.05) is 11.6 Å². The van der Waals surface area contributed by atoms with Gasteiger partial charge in [-0.2, -0.15) is 0 Å². The van der Waals surface area contributed by atoms with E-state index in [1.165, 1.54) is 0 Å². The minimum absolute atomic E-state index is 0.0426. The lowest BCUT2D eigenvalue weighted by molar-refractivity contribution is -0.133. The van der Waals surface area contributed by atoms with Crippen LogP contribution in [0.2, 0.25) is 0 Å². The third-order valence-corrected chi connectivity index (χ3v) is 5.23. The van der Waals surface area contributed by atoms with Crippen LogP contribution in [0, 0.1) is 6.92 Å². The lowest BCUT2D eigenvalue weighted by atomic mass is 10.1. The summed E-state index contributed by atoms with van der Waals surface area (Å²) in [6.07, 6.45) is 2.74. The zero-order valence-electron chi connectivity index (χ0n) is 17.0. The quantitative estimate of drug-likeness (QED) is 0.639. The highest BCUT2D eigenvalue weighted by Crippen LogP contribution is 2.20. The maximum absolute atomic E-state index is 12.8. The van der Waals surface area contributed by atoms with Crippen LogP contribution in [0.25, 0.3) is 0 Å². The summed E-state index contributed by atoms with van der Waals surface area (Å²) in [6.45, 7) is 4.66. The second kappa shape index (κ2) is 10.2. The molecular formula is C21H30N4O4. The molecule has 0 bridgehead atoms. The highest BCUT2D eigenvalue weighted by Gasteiger charge is 2.27. The lowest BCUT2D eigenvalue weighted by Gasteiger charge is -2.26. The molecule has 1 aromatic rings. The number of carbonyl (C=O) groups excluding carboxylic acids is 3. The molecule has 1 fully saturated rings. The molecule has 0 saturated carbocycles. The standard InChI is InChI=1S/C21H30N4O4/c1-15-6-7-18-16(14-15)20(27)24-9-12-25(21(28)17-4-2-8-22-17)11-3-5-19(26)23-10-13-29-18/h6-7,14,17,22H,2-5,8-13H2,1H3,(H,23,26)(H,24,27)/t17-/m1/s1. The zero-order chi connectivity index (χ0) is 20.6. The summed E-state index contributed by atoms with van der Waals surface area (Å²) in [5, 5.41) is 8.96. The Morgan fingerprint density at radius 2 is 1.97 bits per heavy atom. The number of benzene rings is 1. The van der Waals surface area contributed by atoms with Crippen LogP contribution in [0.15, 0.2) is 18.2 Å². The third kappa shape index (κ3) is 5.93. The van der Waals surface area contributed by atoms with Gasteiger partial charge in [0.25, 0.3) is 5.91 Å². The highest BCUT2D eigenvalue weighted by atomic mass is 16.5. The normalized spacial score (nSPS) is 21.8. The Morgan fingerprint density at radius 1 is 1.10 bits per heavy atom. The van der Waals surface area contributed by atoms with E-state index in [0.717, 1.165) is 24.9 Å². The molecule has 0 radical (unpaired) electrons. The molecule has 2 heterocycles. The van der Waals surface area contributed by atoms with Crippen LogP contribution in [-0.4, -0.2) is 68.0 Å². The molecule has 0 aromatic heterocycles. The first-order valence-corrected chi connectivity index (χ1v) is 10.3. The van der Waals surface area contributed by atoms with E-state index >= 15 is 0 Å². The van der Waals surface area contributed by atoms with Gasteiger partial charge in [0.2, 0.25) is 11.8 Å². The average molecular weight is 402 g/mol. The van der Waals surface area contributed by atoms with E-state index in [2.05, 4.69) is 16.0 Å². The molecular weight excluding hydrogens is 372 g/mol. The van der Waals surface area contributed by atoms with E-state index in [1.807, 2.05) is 13.0 Å². The van der Waals surface area contributed by atoms with Crippen molar-refractivity contribution in [2.24, 2.45) is 0 Å². The SMILES string of the molecule is Cc1ccc2c(c1)C(=O)NCCN(C(=O)[C@H]1CCCN1)CCCC(=O)NCCO2. The molecule has 3 N–H and O–H groups in total. The van der Waals surface area contributed by atoms with Crippen LogP contribution >= 0.6 is 0 Å². The van der Waals surface area contributed by atoms with Gasteiger partial charge in [0.15, 0.2) is 0 Å². The van der Waals surface area contributed by atoms with Crippen molar-refractivity contribution in [1.29, 1.82) is 0 Å². The van der Waals surface area contributed by atoms with E-state index in [0.29, 0.717) is 50.3 Å². The monoisotopic (exact) mass is 402 g/mol. The summed E-state index contributed by atoms with van der Waals surface area (Å²) in [5.41, 5.74) is 1.42. The second-order valence-corrected chi connectivity index (χ2v) is 7.53. The first-order valence-electron chi connectivity index (χ1n) is 10.3. The first-order chi connectivity index (χ1) is 14.0. The Labute approximate surface area is 171 Å². The molecule has 3 rings (SSSR count). The fraction of sp³-hybridized carbons (Fsp3) is 0.571. The number of hydrogen-bond acceptors (Lipinski definition) is 5. The van der Waals surface area contributed by atoms with Gasteiger partial charge in [0.05, 0.1) is 18.2 Å². The molecule has 1 saturated heterocycles. The fourth-order valence-electron chi connectivity index (χ4n) is 3.66. The van der Waals surface area contributed by atoms with E-state index in [9.17, 15) is 14.4 Å². The van der Waals surface area contributed by atoms with Gasteiger partial charge < -0.3 is 25.6 Å². The van der Waals surface area contributed by atoms with Crippen molar-refractivity contribution >= 4 is 17.7 Å². The van der Waals surface area contributed by atoms with Crippen LogP contribution in [0.4, 0.5) is 0 Å². The molecule has 2 aliphatic heterocycles. The summed E-state index contributed by atoms with van der Waals surface area (Å²) in [5.74, 6) is 0.239. The lowest BCUT2D eigenvalue weighted by Crippen LogP contribution is -2.47. The number of nitrogens with one attached hydrogen (secondary N) is 3. The summed E-state index contributed by atoms with van der Waals surface area (Å²) >= 11 is 0. The van der Waals surface area contributed by atoms with Crippen molar-refractivity contribution in [3.8, 4) is 5.75 Å². The van der Waals surface area contributed by atoms with Gasteiger partial charge in [-0.25, -0.2) is 0 Å². The van der Waals surface area contributed by atoms with E-state index in [-0.39, 0.29) is 30.4 Å². The maximum Gasteiger partial charge on any atom is 0.255 e. The summed E-state index contributed by atoms with van der Waals surface area (Å²) < 4.78 is 5.72. The number of fused-ring (bicyclic) bond motifs is 1. The molecule has 8 nitrogen and oxygen atoms in total. The predicted molar refractivity (Wildman–Crippen MR) is 109 cm³/mol. The smallest absolute Gasteiger partial charge is 0.255 e. The van der Waals surface area contributed by atoms with Crippen molar-refractivity contribution in [2.75, 3.05) is 39.3 Å². The molecule has 3 amide bonds. The Balaban J connectivity index is 1.72. The topological polar surface area (TPSA) is 99.8 Å². The number of nitrogens with zero attached hydrogens (tertiary/aromatic N) is 1. The number of rotatable bonds is 1. The van der Waals surface area contributed by atoms with Crippen LogP contribution in [0.5, 0.6) is 5.75 Å². The molecule has 2 aliphatic rings. The molecule has 0 aliphatic carbocycles. The molecule has 1 atom stereocenters. The number of aryl methyl sites for hydroxylation is 1. The van der Waals surface area contributed by atoms with Gasteiger partial charge in [-0.3, -0.25) is 14.4 Å². The summed E-state index contributed by atoms with van der Waals surface area (Å²) in [6, 6.07) is 5.27. The minimum atomic E-state index is -0.228. The van der Waals surface area contributed by atoms with Crippen LogP contribution < -0.4 is 20.7 Å². The van der Waals surface area contributed by atoms with Gasteiger partial charge in [-0.05, 0) is 44.9 Å². The van der Waals surface area contributed by atoms with Crippen molar-refractivity contribution in [3.05, 3.63) is 29.3 Å². The van der Waals surface area contributed by atoms with Crippen molar-refractivity contribution < 1.29 is 19.1 Å². The first kappa shape index (κ1) is 21.1.